The van der Waals surface area contributed by atoms with Gasteiger partial charge in [0.15, 0.2) is 9.84 Å². The minimum absolute atomic E-state index is 0.142. The topological polar surface area (TPSA) is 110 Å². The summed E-state index contributed by atoms with van der Waals surface area (Å²) in [5, 5.41) is 2.54. The van der Waals surface area contributed by atoms with Crippen molar-refractivity contribution < 1.29 is 22.8 Å². The highest BCUT2D eigenvalue weighted by atomic mass is 32.2. The van der Waals surface area contributed by atoms with Crippen molar-refractivity contribution in [3.05, 3.63) is 59.9 Å². The van der Waals surface area contributed by atoms with Gasteiger partial charge in [0.2, 0.25) is 5.78 Å². The van der Waals surface area contributed by atoms with E-state index in [1.54, 1.807) is 50.2 Å². The van der Waals surface area contributed by atoms with Crippen molar-refractivity contribution in [1.29, 1.82) is 0 Å². The van der Waals surface area contributed by atoms with Crippen LogP contribution < -0.4 is 5.32 Å². The maximum absolute atomic E-state index is 13.2. The molecule has 1 aromatic heterocycles. The number of nitrogens with zero attached hydrogens (tertiary/aromatic N) is 1. The van der Waals surface area contributed by atoms with Crippen molar-refractivity contribution in [2.24, 2.45) is 17.8 Å². The highest BCUT2D eigenvalue weighted by Gasteiger charge is 2.34. The molecular weight excluding hydrogens is 416 g/mol. The summed E-state index contributed by atoms with van der Waals surface area (Å²) in [6.07, 6.45) is -0.0482. The molecule has 31 heavy (non-hydrogen) atoms. The lowest BCUT2D eigenvalue weighted by atomic mass is 9.84. The summed E-state index contributed by atoms with van der Waals surface area (Å²) < 4.78 is 25.7. The monoisotopic (exact) mass is 442 g/mol. The van der Waals surface area contributed by atoms with Crippen molar-refractivity contribution in [2.45, 2.75) is 38.1 Å². The molecule has 164 valence electrons. The number of sulfone groups is 1. The minimum atomic E-state index is -3.67. The number of aromatic nitrogens is 1. The Kier molecular flexibility index (Phi) is 7.00. The van der Waals surface area contributed by atoms with E-state index in [1.807, 2.05) is 0 Å². The Balaban J connectivity index is 1.82. The number of ketones is 2. The van der Waals surface area contributed by atoms with Crippen LogP contribution in [-0.4, -0.2) is 36.6 Å². The largest absolute Gasteiger partial charge is 0.344 e. The second-order valence-corrected chi connectivity index (χ2v) is 10.2. The van der Waals surface area contributed by atoms with Gasteiger partial charge in [-0.2, -0.15) is 0 Å². The summed E-state index contributed by atoms with van der Waals surface area (Å²) in [5.41, 5.74) is 1.26. The van der Waals surface area contributed by atoms with E-state index >= 15 is 0 Å². The first-order chi connectivity index (χ1) is 14.7. The van der Waals surface area contributed by atoms with E-state index in [2.05, 4.69) is 10.3 Å². The van der Waals surface area contributed by atoms with Gasteiger partial charge in [-0.3, -0.25) is 19.4 Å². The van der Waals surface area contributed by atoms with Crippen LogP contribution >= 0.6 is 0 Å². The molecule has 2 unspecified atom stereocenters. The molecule has 1 aliphatic rings. The molecule has 2 atom stereocenters. The van der Waals surface area contributed by atoms with E-state index in [0.29, 0.717) is 11.4 Å². The first-order valence-corrected chi connectivity index (χ1v) is 11.9. The van der Waals surface area contributed by atoms with Crippen LogP contribution in [0.2, 0.25) is 0 Å². The molecule has 0 aliphatic carbocycles. The van der Waals surface area contributed by atoms with Crippen molar-refractivity contribution in [3.8, 4) is 0 Å². The Morgan fingerprint density at radius 3 is 2.42 bits per heavy atom. The number of carbonyl (C=O) groups excluding carboxylic acids is 3. The summed E-state index contributed by atoms with van der Waals surface area (Å²) >= 11 is 0. The standard InChI is InChI=1S/C23H26N2O5S/c1-15(2)20(14-31(29,30)19-9-4-3-5-10-19)21(26)12-16-11-17-7-6-8-18(25-17)13-24-23(28)22(16)27/h3-10,15-16,20H,11-14H2,1-2H3,(H,24,28). The van der Waals surface area contributed by atoms with Crippen LogP contribution in [0.1, 0.15) is 31.7 Å². The molecule has 2 heterocycles. The van der Waals surface area contributed by atoms with Crippen molar-refractivity contribution >= 4 is 27.3 Å². The van der Waals surface area contributed by atoms with Gasteiger partial charge < -0.3 is 5.32 Å². The zero-order chi connectivity index (χ0) is 22.6. The van der Waals surface area contributed by atoms with Crippen LogP contribution in [0.5, 0.6) is 0 Å². The van der Waals surface area contributed by atoms with Crippen LogP contribution in [0.25, 0.3) is 0 Å². The number of benzene rings is 1. The predicted octanol–water partition coefficient (Wildman–Crippen LogP) is 2.14. The minimum Gasteiger partial charge on any atom is -0.344 e. The van der Waals surface area contributed by atoms with E-state index < -0.39 is 33.4 Å². The third-order valence-electron chi connectivity index (χ3n) is 5.51. The second-order valence-electron chi connectivity index (χ2n) is 8.18. The molecule has 8 heteroatoms. The normalized spacial score (nSPS) is 18.0. The maximum atomic E-state index is 13.2. The van der Waals surface area contributed by atoms with Crippen LogP contribution in [0.3, 0.4) is 0 Å². The first-order valence-electron chi connectivity index (χ1n) is 10.2. The molecular formula is C23H26N2O5S. The average molecular weight is 443 g/mol. The van der Waals surface area contributed by atoms with E-state index in [4.69, 9.17) is 0 Å². The first kappa shape index (κ1) is 22.8. The van der Waals surface area contributed by atoms with Gasteiger partial charge >= 0.3 is 0 Å². The molecule has 2 aromatic rings. The van der Waals surface area contributed by atoms with Gasteiger partial charge in [0.25, 0.3) is 5.91 Å². The number of hydrogen-bond donors (Lipinski definition) is 1. The Hall–Kier alpha value is -2.87. The fraction of sp³-hybridized carbons (Fsp3) is 0.391. The number of pyridine rings is 1. The number of nitrogens with one attached hydrogen (secondary N) is 1. The van der Waals surface area contributed by atoms with Crippen LogP contribution in [0, 0.1) is 17.8 Å². The summed E-state index contributed by atoms with van der Waals surface area (Å²) in [7, 11) is -3.67. The fourth-order valence-corrected chi connectivity index (χ4v) is 5.51. The zero-order valence-corrected chi connectivity index (χ0v) is 18.4. The summed E-state index contributed by atoms with van der Waals surface area (Å²) in [6.45, 7) is 3.71. The van der Waals surface area contributed by atoms with Gasteiger partial charge in [-0.1, -0.05) is 38.1 Å². The number of hydrogen-bond acceptors (Lipinski definition) is 6. The highest BCUT2D eigenvalue weighted by Crippen LogP contribution is 2.24. The lowest BCUT2D eigenvalue weighted by Crippen LogP contribution is -2.38. The molecule has 0 radical (unpaired) electrons. The average Bonchev–Trinajstić information content (AvgIpc) is 2.78. The Morgan fingerprint density at radius 1 is 1.06 bits per heavy atom. The number of carbonyl (C=O) groups is 3. The Labute approximate surface area is 182 Å². The van der Waals surface area contributed by atoms with Crippen molar-refractivity contribution in [2.75, 3.05) is 5.75 Å². The Morgan fingerprint density at radius 2 is 1.74 bits per heavy atom. The van der Waals surface area contributed by atoms with Gasteiger partial charge in [0.05, 0.1) is 22.9 Å². The molecule has 0 spiro atoms. The number of rotatable bonds is 7. The molecule has 1 aromatic carbocycles. The van der Waals surface area contributed by atoms with Gasteiger partial charge in [-0.15, -0.1) is 0 Å². The smallest absolute Gasteiger partial charge is 0.288 e. The quantitative estimate of drug-likeness (QED) is 0.658. The molecule has 0 saturated carbocycles. The summed E-state index contributed by atoms with van der Waals surface area (Å²) in [5.74, 6) is -4.01. The van der Waals surface area contributed by atoms with Gasteiger partial charge in [0.1, 0.15) is 5.78 Å². The van der Waals surface area contributed by atoms with Crippen LogP contribution in [0.15, 0.2) is 53.4 Å². The van der Waals surface area contributed by atoms with E-state index in [1.165, 1.54) is 12.1 Å². The lowest BCUT2D eigenvalue weighted by Gasteiger charge is -2.22. The SMILES string of the molecule is CC(C)C(CS(=O)(=O)c1ccccc1)C(=O)CC1Cc2cccc(n2)CNC(=O)C1=O. The van der Waals surface area contributed by atoms with Crippen LogP contribution in [0.4, 0.5) is 0 Å². The third kappa shape index (κ3) is 5.64. The molecule has 2 bridgehead atoms. The molecule has 3 rings (SSSR count). The third-order valence-corrected chi connectivity index (χ3v) is 7.30. The number of amides is 1. The van der Waals surface area contributed by atoms with Gasteiger partial charge in [-0.05, 0) is 30.2 Å². The fourth-order valence-electron chi connectivity index (χ4n) is 3.71. The Bertz CT molecular complexity index is 1080. The zero-order valence-electron chi connectivity index (χ0n) is 17.6. The highest BCUT2D eigenvalue weighted by molar-refractivity contribution is 7.91. The molecule has 7 nitrogen and oxygen atoms in total. The van der Waals surface area contributed by atoms with Gasteiger partial charge in [0, 0.05) is 30.4 Å². The molecule has 0 fully saturated rings. The van der Waals surface area contributed by atoms with Crippen molar-refractivity contribution in [1.82, 2.24) is 10.3 Å². The number of Topliss-reactive ketones (excluding diaryl/α,β-unsaturated/α-hetero) is 2. The molecule has 1 aliphatic heterocycles. The van der Waals surface area contributed by atoms with Crippen molar-refractivity contribution in [3.63, 3.8) is 0 Å². The molecule has 0 saturated heterocycles. The van der Waals surface area contributed by atoms with E-state index in [-0.39, 0.29) is 41.7 Å². The molecule has 1 N–H and O–H groups in total. The van der Waals surface area contributed by atoms with Gasteiger partial charge in [-0.25, -0.2) is 8.42 Å². The van der Waals surface area contributed by atoms with E-state index in [0.717, 1.165) is 0 Å². The van der Waals surface area contributed by atoms with Crippen LogP contribution in [-0.2, 0) is 37.2 Å². The predicted molar refractivity (Wildman–Crippen MR) is 115 cm³/mol. The summed E-state index contributed by atoms with van der Waals surface area (Å²) in [6, 6.07) is 13.3. The summed E-state index contributed by atoms with van der Waals surface area (Å²) in [4.78, 5) is 42.7. The second kappa shape index (κ2) is 9.51. The lowest BCUT2D eigenvalue weighted by molar-refractivity contribution is -0.141. The maximum Gasteiger partial charge on any atom is 0.288 e. The number of fused-ring (bicyclic) bond motifs is 2. The molecule has 1 amide bonds. The van der Waals surface area contributed by atoms with E-state index in [9.17, 15) is 22.8 Å².